The van der Waals surface area contributed by atoms with E-state index in [2.05, 4.69) is 4.98 Å². The quantitative estimate of drug-likeness (QED) is 0.675. The number of thiazole rings is 1. The molecule has 19 heavy (non-hydrogen) atoms. The molecule has 0 spiro atoms. The van der Waals surface area contributed by atoms with E-state index in [0.717, 1.165) is 21.8 Å². The van der Waals surface area contributed by atoms with Crippen molar-refractivity contribution in [1.82, 2.24) is 4.98 Å². The van der Waals surface area contributed by atoms with E-state index in [1.54, 1.807) is 11.3 Å². The fourth-order valence-corrected chi connectivity index (χ4v) is 2.62. The molecule has 0 bridgehead atoms. The summed E-state index contributed by atoms with van der Waals surface area (Å²) in [4.78, 5) is 16.5. The largest absolute Gasteiger partial charge is 0.454 e. The molecule has 1 aromatic carbocycles. The van der Waals surface area contributed by atoms with Crippen LogP contribution in [0.3, 0.4) is 0 Å². The first kappa shape index (κ1) is 12.1. The molecular weight excluding hydrogens is 258 g/mol. The van der Waals surface area contributed by atoms with Gasteiger partial charge in [-0.05, 0) is 44.0 Å². The third-order valence-electron chi connectivity index (χ3n) is 3.21. The van der Waals surface area contributed by atoms with Crippen molar-refractivity contribution in [3.8, 4) is 11.5 Å². The first-order valence-electron chi connectivity index (χ1n) is 6.02. The molecule has 0 saturated carbocycles. The summed E-state index contributed by atoms with van der Waals surface area (Å²) >= 11 is 1.54. The molecule has 2 heterocycles. The number of nitrogens with zero attached hydrogens (tertiary/aromatic N) is 1. The molecule has 0 atom stereocenters. The number of aryl methyl sites for hydroxylation is 3. The summed E-state index contributed by atoms with van der Waals surface area (Å²) in [5.41, 5.74) is 3.53. The van der Waals surface area contributed by atoms with Crippen LogP contribution in [0.1, 0.15) is 16.1 Å². The van der Waals surface area contributed by atoms with Gasteiger partial charge in [-0.15, -0.1) is 11.3 Å². The number of rotatable bonds is 1. The maximum Gasteiger partial charge on any atom is 0.193 e. The zero-order valence-electron chi connectivity index (χ0n) is 11.0. The van der Waals surface area contributed by atoms with E-state index >= 15 is 0 Å². The summed E-state index contributed by atoms with van der Waals surface area (Å²) in [6.45, 7) is 5.93. The minimum Gasteiger partial charge on any atom is -0.454 e. The fraction of sp³-hybridized carbons (Fsp3) is 0.200. The van der Waals surface area contributed by atoms with E-state index in [1.165, 1.54) is 6.07 Å². The van der Waals surface area contributed by atoms with Gasteiger partial charge in [0, 0.05) is 11.4 Å². The van der Waals surface area contributed by atoms with Crippen molar-refractivity contribution in [2.24, 2.45) is 0 Å². The third-order valence-corrected chi connectivity index (χ3v) is 3.99. The van der Waals surface area contributed by atoms with Crippen LogP contribution in [-0.4, -0.2) is 4.98 Å². The Kier molecular flexibility index (Phi) is 2.75. The van der Waals surface area contributed by atoms with Crippen molar-refractivity contribution in [2.45, 2.75) is 20.8 Å². The monoisotopic (exact) mass is 271 g/mol. The lowest BCUT2D eigenvalue weighted by molar-refractivity contribution is 0.616. The second-order valence-corrected chi connectivity index (χ2v) is 5.72. The maximum absolute atomic E-state index is 12.2. The number of fused-ring (bicyclic) bond motifs is 1. The molecule has 4 heteroatoms. The van der Waals surface area contributed by atoms with E-state index in [9.17, 15) is 4.79 Å². The summed E-state index contributed by atoms with van der Waals surface area (Å²) in [6, 6.07) is 5.31. The Balaban J connectivity index is 2.30. The summed E-state index contributed by atoms with van der Waals surface area (Å²) in [5.74, 6) is 0.533. The zero-order valence-corrected chi connectivity index (χ0v) is 11.8. The molecule has 0 aliphatic heterocycles. The average molecular weight is 271 g/mol. The summed E-state index contributed by atoms with van der Waals surface area (Å²) in [6.07, 6.45) is 0. The Bertz CT molecular complexity index is 830. The highest BCUT2D eigenvalue weighted by Gasteiger charge is 2.10. The van der Waals surface area contributed by atoms with Crippen LogP contribution in [-0.2, 0) is 0 Å². The van der Waals surface area contributed by atoms with Crippen molar-refractivity contribution in [2.75, 3.05) is 0 Å². The smallest absolute Gasteiger partial charge is 0.193 e. The predicted octanol–water partition coefficient (Wildman–Crippen LogP) is 3.84. The van der Waals surface area contributed by atoms with Gasteiger partial charge in [-0.1, -0.05) is 0 Å². The molecule has 0 fully saturated rings. The summed E-state index contributed by atoms with van der Waals surface area (Å²) in [7, 11) is 0. The first-order chi connectivity index (χ1) is 9.04. The van der Waals surface area contributed by atoms with Gasteiger partial charge in [-0.3, -0.25) is 4.79 Å². The first-order valence-corrected chi connectivity index (χ1v) is 6.90. The molecule has 0 saturated heterocycles. The van der Waals surface area contributed by atoms with Gasteiger partial charge in [0.05, 0.1) is 10.4 Å². The van der Waals surface area contributed by atoms with Gasteiger partial charge in [0.1, 0.15) is 11.3 Å². The molecule has 96 valence electrons. The highest BCUT2D eigenvalue weighted by atomic mass is 32.1. The fourth-order valence-electron chi connectivity index (χ4n) is 2.01. The molecule has 0 aliphatic carbocycles. The Labute approximate surface area is 114 Å². The number of hydrogen-bond acceptors (Lipinski definition) is 4. The second-order valence-electron chi connectivity index (χ2n) is 4.66. The molecule has 3 nitrogen and oxygen atoms in total. The topological polar surface area (TPSA) is 43.1 Å². The lowest BCUT2D eigenvalue weighted by atomic mass is 10.1. The van der Waals surface area contributed by atoms with Crippen LogP contribution in [0.25, 0.3) is 22.4 Å². The zero-order chi connectivity index (χ0) is 13.6. The Morgan fingerprint density at radius 3 is 2.53 bits per heavy atom. The normalized spacial score (nSPS) is 11.1. The van der Waals surface area contributed by atoms with Crippen LogP contribution >= 0.6 is 11.3 Å². The summed E-state index contributed by atoms with van der Waals surface area (Å²) in [5, 5.41) is 3.48. The Morgan fingerprint density at radius 2 is 1.84 bits per heavy atom. The molecule has 3 rings (SSSR count). The standard InChI is InChI=1S/C15H13NO2S/c1-8-4-11-13(17)6-15(12-7-19-10(3)16-12)18-14(11)5-9(8)2/h4-7H,1-3H3. The van der Waals surface area contributed by atoms with Crippen LogP contribution in [0.2, 0.25) is 0 Å². The highest BCUT2D eigenvalue weighted by Crippen LogP contribution is 2.25. The predicted molar refractivity (Wildman–Crippen MR) is 77.8 cm³/mol. The van der Waals surface area contributed by atoms with Crippen LogP contribution < -0.4 is 5.43 Å². The third kappa shape index (κ3) is 2.08. The summed E-state index contributed by atoms with van der Waals surface area (Å²) < 4.78 is 5.82. The van der Waals surface area contributed by atoms with E-state index < -0.39 is 0 Å². The maximum atomic E-state index is 12.2. The lowest BCUT2D eigenvalue weighted by Crippen LogP contribution is -2.01. The highest BCUT2D eigenvalue weighted by molar-refractivity contribution is 7.09. The van der Waals surface area contributed by atoms with Crippen LogP contribution in [0.4, 0.5) is 0 Å². The molecular formula is C15H13NO2S. The van der Waals surface area contributed by atoms with Gasteiger partial charge in [-0.25, -0.2) is 4.98 Å². The van der Waals surface area contributed by atoms with Crippen molar-refractivity contribution in [3.63, 3.8) is 0 Å². The number of benzene rings is 1. The number of hydrogen-bond donors (Lipinski definition) is 0. The Hall–Kier alpha value is -1.94. The van der Waals surface area contributed by atoms with E-state index in [1.807, 2.05) is 38.3 Å². The van der Waals surface area contributed by atoms with Crippen molar-refractivity contribution < 1.29 is 4.42 Å². The van der Waals surface area contributed by atoms with Crippen molar-refractivity contribution >= 4 is 22.3 Å². The van der Waals surface area contributed by atoms with Gasteiger partial charge < -0.3 is 4.42 Å². The molecule has 3 aromatic rings. The van der Waals surface area contributed by atoms with Crippen LogP contribution in [0, 0.1) is 20.8 Å². The van der Waals surface area contributed by atoms with Crippen LogP contribution in [0.5, 0.6) is 0 Å². The van der Waals surface area contributed by atoms with Gasteiger partial charge in [0.25, 0.3) is 0 Å². The molecule has 0 unspecified atom stereocenters. The van der Waals surface area contributed by atoms with E-state index in [4.69, 9.17) is 4.42 Å². The SMILES string of the molecule is Cc1nc(-c2cc(=O)c3cc(C)c(C)cc3o2)cs1. The van der Waals surface area contributed by atoms with Gasteiger partial charge >= 0.3 is 0 Å². The average Bonchev–Trinajstić information content (AvgIpc) is 2.78. The lowest BCUT2D eigenvalue weighted by Gasteiger charge is -2.04. The minimum atomic E-state index is -0.0231. The molecule has 0 aliphatic rings. The minimum absolute atomic E-state index is 0.0231. The molecule has 0 amide bonds. The van der Waals surface area contributed by atoms with Gasteiger partial charge in [0.15, 0.2) is 11.2 Å². The van der Waals surface area contributed by atoms with E-state index in [-0.39, 0.29) is 5.43 Å². The Morgan fingerprint density at radius 1 is 1.11 bits per heavy atom. The van der Waals surface area contributed by atoms with Gasteiger partial charge in [0.2, 0.25) is 0 Å². The van der Waals surface area contributed by atoms with Crippen LogP contribution in [0.15, 0.2) is 32.8 Å². The van der Waals surface area contributed by atoms with Gasteiger partial charge in [-0.2, -0.15) is 0 Å². The molecule has 0 radical (unpaired) electrons. The van der Waals surface area contributed by atoms with Crippen molar-refractivity contribution in [3.05, 3.63) is 49.9 Å². The van der Waals surface area contributed by atoms with E-state index in [0.29, 0.717) is 16.7 Å². The van der Waals surface area contributed by atoms with Crippen molar-refractivity contribution in [1.29, 1.82) is 0 Å². The number of aromatic nitrogens is 1. The molecule has 0 N–H and O–H groups in total. The second kappa shape index (κ2) is 4.31. The molecule has 2 aromatic heterocycles.